The molecular weight excluding hydrogens is 272 g/mol. The van der Waals surface area contributed by atoms with E-state index < -0.39 is 0 Å². The number of ether oxygens (including phenoxy) is 3. The first-order valence-electron chi connectivity index (χ1n) is 6.59. The SMILES string of the molecule is COc1cc(OC)c(OC)cc1CNCc1cc(C)no1. The number of aromatic nitrogens is 1. The average molecular weight is 292 g/mol. The second kappa shape index (κ2) is 6.99. The van der Waals surface area contributed by atoms with Gasteiger partial charge in [-0.3, -0.25) is 0 Å². The van der Waals surface area contributed by atoms with Crippen LogP contribution in [0.25, 0.3) is 0 Å². The van der Waals surface area contributed by atoms with E-state index in [0.29, 0.717) is 24.6 Å². The lowest BCUT2D eigenvalue weighted by Crippen LogP contribution is -2.13. The highest BCUT2D eigenvalue weighted by atomic mass is 16.5. The summed E-state index contributed by atoms with van der Waals surface area (Å²) in [4.78, 5) is 0. The van der Waals surface area contributed by atoms with E-state index in [1.165, 1.54) is 0 Å². The van der Waals surface area contributed by atoms with Crippen LogP contribution in [0.4, 0.5) is 0 Å². The average Bonchev–Trinajstić information content (AvgIpc) is 2.92. The van der Waals surface area contributed by atoms with E-state index in [2.05, 4.69) is 10.5 Å². The molecule has 0 saturated heterocycles. The quantitative estimate of drug-likeness (QED) is 0.844. The molecule has 0 saturated carbocycles. The van der Waals surface area contributed by atoms with Gasteiger partial charge in [0.05, 0.1) is 33.6 Å². The number of nitrogens with zero attached hydrogens (tertiary/aromatic N) is 1. The summed E-state index contributed by atoms with van der Waals surface area (Å²) >= 11 is 0. The van der Waals surface area contributed by atoms with Crippen LogP contribution in [0, 0.1) is 6.92 Å². The van der Waals surface area contributed by atoms with Crippen LogP contribution in [0.5, 0.6) is 17.2 Å². The third-order valence-corrected chi connectivity index (χ3v) is 3.08. The third kappa shape index (κ3) is 3.66. The van der Waals surface area contributed by atoms with Crippen molar-refractivity contribution in [2.24, 2.45) is 0 Å². The second-order valence-corrected chi connectivity index (χ2v) is 4.56. The number of hydrogen-bond acceptors (Lipinski definition) is 6. The molecule has 6 nitrogen and oxygen atoms in total. The molecule has 2 rings (SSSR count). The highest BCUT2D eigenvalue weighted by Gasteiger charge is 2.11. The van der Waals surface area contributed by atoms with Gasteiger partial charge in [-0.15, -0.1) is 0 Å². The van der Waals surface area contributed by atoms with Crippen molar-refractivity contribution >= 4 is 0 Å². The van der Waals surface area contributed by atoms with Crippen molar-refractivity contribution in [3.63, 3.8) is 0 Å². The van der Waals surface area contributed by atoms with Crippen molar-refractivity contribution in [3.05, 3.63) is 35.2 Å². The minimum atomic E-state index is 0.596. The number of hydrogen-bond donors (Lipinski definition) is 1. The molecule has 21 heavy (non-hydrogen) atoms. The van der Waals surface area contributed by atoms with Gasteiger partial charge in [0.15, 0.2) is 17.3 Å². The van der Waals surface area contributed by atoms with Gasteiger partial charge in [0.2, 0.25) is 0 Å². The first kappa shape index (κ1) is 15.2. The van der Waals surface area contributed by atoms with Gasteiger partial charge in [0.25, 0.3) is 0 Å². The zero-order chi connectivity index (χ0) is 15.2. The number of nitrogens with one attached hydrogen (secondary N) is 1. The van der Waals surface area contributed by atoms with Crippen molar-refractivity contribution in [1.82, 2.24) is 10.5 Å². The largest absolute Gasteiger partial charge is 0.496 e. The molecule has 114 valence electrons. The van der Waals surface area contributed by atoms with Crippen LogP contribution in [0.1, 0.15) is 17.0 Å². The number of methoxy groups -OCH3 is 3. The van der Waals surface area contributed by atoms with Crippen LogP contribution in [0.15, 0.2) is 22.7 Å². The van der Waals surface area contributed by atoms with Crippen LogP contribution in [0.3, 0.4) is 0 Å². The standard InChI is InChI=1S/C15H20N2O4/c1-10-5-12(21-17-10)9-16-8-11-6-14(19-3)15(20-4)7-13(11)18-2/h5-7,16H,8-9H2,1-4H3. The Bertz CT molecular complexity index is 595. The Kier molecular flexibility index (Phi) is 5.05. The fraction of sp³-hybridized carbons (Fsp3) is 0.400. The van der Waals surface area contributed by atoms with Crippen LogP contribution in [0.2, 0.25) is 0 Å². The Morgan fingerprint density at radius 3 is 2.19 bits per heavy atom. The van der Waals surface area contributed by atoms with E-state index in [4.69, 9.17) is 18.7 Å². The minimum absolute atomic E-state index is 0.596. The van der Waals surface area contributed by atoms with E-state index in [9.17, 15) is 0 Å². The maximum atomic E-state index is 5.38. The molecule has 1 aromatic heterocycles. The lowest BCUT2D eigenvalue weighted by Gasteiger charge is -2.14. The Morgan fingerprint density at radius 1 is 0.952 bits per heavy atom. The highest BCUT2D eigenvalue weighted by Crippen LogP contribution is 2.34. The van der Waals surface area contributed by atoms with Gasteiger partial charge < -0.3 is 24.1 Å². The molecule has 0 atom stereocenters. The first-order chi connectivity index (χ1) is 10.2. The smallest absolute Gasteiger partial charge is 0.164 e. The predicted molar refractivity (Wildman–Crippen MR) is 77.9 cm³/mol. The molecule has 0 radical (unpaired) electrons. The van der Waals surface area contributed by atoms with E-state index in [-0.39, 0.29) is 0 Å². The molecule has 0 aliphatic heterocycles. The molecule has 2 aromatic rings. The molecule has 0 bridgehead atoms. The van der Waals surface area contributed by atoms with Gasteiger partial charge in [-0.1, -0.05) is 5.16 Å². The van der Waals surface area contributed by atoms with E-state index in [1.54, 1.807) is 21.3 Å². The maximum Gasteiger partial charge on any atom is 0.164 e. The summed E-state index contributed by atoms with van der Waals surface area (Å²) < 4.78 is 21.1. The van der Waals surface area contributed by atoms with E-state index >= 15 is 0 Å². The van der Waals surface area contributed by atoms with E-state index in [0.717, 1.165) is 22.8 Å². The summed E-state index contributed by atoms with van der Waals surface area (Å²) in [6, 6.07) is 5.61. The second-order valence-electron chi connectivity index (χ2n) is 4.56. The predicted octanol–water partition coefficient (Wildman–Crippen LogP) is 2.30. The van der Waals surface area contributed by atoms with Crippen molar-refractivity contribution in [2.75, 3.05) is 21.3 Å². The fourth-order valence-electron chi connectivity index (χ4n) is 2.05. The molecule has 6 heteroatoms. The fourth-order valence-corrected chi connectivity index (χ4v) is 2.05. The Hall–Kier alpha value is -2.21. The van der Waals surface area contributed by atoms with Crippen molar-refractivity contribution < 1.29 is 18.7 Å². The molecule has 1 aromatic carbocycles. The summed E-state index contributed by atoms with van der Waals surface area (Å²) in [6.45, 7) is 3.10. The molecule has 0 aliphatic carbocycles. The lowest BCUT2D eigenvalue weighted by atomic mass is 10.1. The Morgan fingerprint density at radius 2 is 1.62 bits per heavy atom. The summed E-state index contributed by atoms with van der Waals surface area (Å²) in [5.74, 6) is 2.86. The minimum Gasteiger partial charge on any atom is -0.496 e. The summed E-state index contributed by atoms with van der Waals surface area (Å²) in [6.07, 6.45) is 0. The van der Waals surface area contributed by atoms with Crippen LogP contribution in [-0.2, 0) is 13.1 Å². The van der Waals surface area contributed by atoms with Crippen LogP contribution < -0.4 is 19.5 Å². The normalized spacial score (nSPS) is 10.5. The van der Waals surface area contributed by atoms with Gasteiger partial charge in [-0.25, -0.2) is 0 Å². The summed E-state index contributed by atoms with van der Waals surface area (Å²) in [5.41, 5.74) is 1.85. The van der Waals surface area contributed by atoms with Crippen LogP contribution in [-0.4, -0.2) is 26.5 Å². The number of rotatable bonds is 7. The van der Waals surface area contributed by atoms with Crippen molar-refractivity contribution in [1.29, 1.82) is 0 Å². The molecule has 0 amide bonds. The Labute approximate surface area is 124 Å². The third-order valence-electron chi connectivity index (χ3n) is 3.08. The number of aryl methyl sites for hydroxylation is 1. The van der Waals surface area contributed by atoms with Crippen molar-refractivity contribution in [2.45, 2.75) is 20.0 Å². The van der Waals surface area contributed by atoms with Gasteiger partial charge >= 0.3 is 0 Å². The summed E-state index contributed by atoms with van der Waals surface area (Å²) in [7, 11) is 4.84. The zero-order valence-corrected chi connectivity index (χ0v) is 12.7. The van der Waals surface area contributed by atoms with Gasteiger partial charge in [-0.05, 0) is 13.0 Å². The maximum absolute atomic E-state index is 5.38. The molecule has 0 fully saturated rings. The van der Waals surface area contributed by atoms with Gasteiger partial charge in [0.1, 0.15) is 5.75 Å². The topological polar surface area (TPSA) is 65.8 Å². The highest BCUT2D eigenvalue weighted by molar-refractivity contribution is 5.50. The lowest BCUT2D eigenvalue weighted by molar-refractivity contribution is 0.346. The molecule has 0 spiro atoms. The zero-order valence-electron chi connectivity index (χ0n) is 12.7. The first-order valence-corrected chi connectivity index (χ1v) is 6.59. The Balaban J connectivity index is 2.07. The molecule has 0 aliphatic rings. The van der Waals surface area contributed by atoms with Crippen LogP contribution >= 0.6 is 0 Å². The molecular formula is C15H20N2O4. The van der Waals surface area contributed by atoms with Gasteiger partial charge in [0, 0.05) is 24.2 Å². The summed E-state index contributed by atoms with van der Waals surface area (Å²) in [5, 5.41) is 7.13. The van der Waals surface area contributed by atoms with Gasteiger partial charge in [-0.2, -0.15) is 0 Å². The molecule has 1 heterocycles. The molecule has 1 N–H and O–H groups in total. The monoisotopic (exact) mass is 292 g/mol. The van der Waals surface area contributed by atoms with E-state index in [1.807, 2.05) is 25.1 Å². The number of benzene rings is 1. The molecule has 0 unspecified atom stereocenters. The van der Waals surface area contributed by atoms with Crippen molar-refractivity contribution in [3.8, 4) is 17.2 Å².